The van der Waals surface area contributed by atoms with Gasteiger partial charge in [0.05, 0.1) is 13.3 Å². The summed E-state index contributed by atoms with van der Waals surface area (Å²) in [5.74, 6) is 0. The summed E-state index contributed by atoms with van der Waals surface area (Å²) in [5.41, 5.74) is 117. The van der Waals surface area contributed by atoms with Crippen LogP contribution in [0.5, 0.6) is 0 Å². The molecule has 0 aliphatic carbocycles. The molecule has 0 fully saturated rings. The summed E-state index contributed by atoms with van der Waals surface area (Å²) in [7, 11) is -37.6. The van der Waals surface area contributed by atoms with Crippen molar-refractivity contribution in [2.24, 2.45) is 164 Å². The molecule has 48 heteroatoms. The predicted octanol–water partition coefficient (Wildman–Crippen LogP) is -1.17. The van der Waals surface area contributed by atoms with Gasteiger partial charge in [-0.05, 0) is 0 Å². The molecule has 50 heavy (non-hydrogen) atoms. The Bertz CT molecular complexity index is 1900. The van der Waals surface area contributed by atoms with Gasteiger partial charge in [-0.25, -0.2) is 20.3 Å². The molecule has 296 valence electrons. The van der Waals surface area contributed by atoms with E-state index in [9.17, 15) is 0 Å². The van der Waals surface area contributed by atoms with E-state index in [1.807, 2.05) is 0 Å². The summed E-state index contributed by atoms with van der Waals surface area (Å²) in [6.45, 7) is -0.299. The average molecular weight is 948 g/mol. The lowest BCUT2D eigenvalue weighted by Gasteiger charge is -2.31. The predicted molar refractivity (Wildman–Crippen MR) is 218 cm³/mol. The number of nitrogens with zero attached hydrogens (tertiary/aromatic N) is 12. The zero-order chi connectivity index (χ0) is 38.7. The van der Waals surface area contributed by atoms with Crippen LogP contribution in [0.25, 0.3) is 0 Å². The van der Waals surface area contributed by atoms with Gasteiger partial charge in [-0.1, -0.05) is 0 Å². The Balaban J connectivity index is 0.000000474. The normalized spacial score (nSPS) is 37.2. The molecular weight excluding hydrogens is 900 g/mol. The van der Waals surface area contributed by atoms with E-state index < -0.39 is 90.1 Å². The van der Waals surface area contributed by atoms with Crippen LogP contribution >= 0.6 is 90.1 Å². The number of nitrogens with one attached hydrogen (secondary N) is 4. The van der Waals surface area contributed by atoms with Crippen LogP contribution in [0.1, 0.15) is 0 Å². The molecule has 4 aliphatic heterocycles. The quantitative estimate of drug-likeness (QED) is 0.101. The van der Waals surface area contributed by atoms with Crippen molar-refractivity contribution in [2.45, 2.75) is 0 Å². The molecule has 36 nitrogen and oxygen atoms in total. The van der Waals surface area contributed by atoms with Crippen LogP contribution in [-0.4, -0.2) is 13.3 Å². The SMILES string of the molecule is NP1(N)=NP(N)(N)=NP(N)(N)=N1.NP1(N)=NP(N)(N)=NP(N)(NCNP2(N)=NP(N)(N)=NP(N)(NCNP3(N)=NP(N)(N)=NP(N)(N)=N3)=N2)=N1. The Labute approximate surface area is 287 Å². The Morgan fingerprint density at radius 3 is 0.620 bits per heavy atom. The summed E-state index contributed by atoms with van der Waals surface area (Å²) in [4.78, 5) is 0. The summed E-state index contributed by atoms with van der Waals surface area (Å²) in [6, 6.07) is 0. The van der Waals surface area contributed by atoms with Gasteiger partial charge in [0, 0.05) is 0 Å². The van der Waals surface area contributed by atoms with Crippen LogP contribution in [0, 0.1) is 0 Å². The van der Waals surface area contributed by atoms with Crippen molar-refractivity contribution in [3.63, 3.8) is 0 Å². The molecule has 4 rings (SSSR count). The van der Waals surface area contributed by atoms with E-state index in [4.69, 9.17) is 110 Å². The van der Waals surface area contributed by atoms with Gasteiger partial charge in [-0.15, -0.1) is 0 Å². The average Bonchev–Trinajstić information content (AvgIpc) is 2.68. The molecule has 0 aromatic heterocycles. The lowest BCUT2D eigenvalue weighted by atomic mass is 11.3. The van der Waals surface area contributed by atoms with E-state index in [2.05, 4.69) is 74.5 Å². The first-order valence-electron chi connectivity index (χ1n) is 12.3. The number of rotatable bonds is 8. The summed E-state index contributed by atoms with van der Waals surface area (Å²) in [5, 5.41) is 11.4. The highest BCUT2D eigenvalue weighted by molar-refractivity contribution is 7.85. The molecule has 0 bridgehead atoms. The van der Waals surface area contributed by atoms with Gasteiger partial charge in [0.2, 0.25) is 90.1 Å². The smallest absolute Gasteiger partial charge is 0.214 e. The van der Waals surface area contributed by atoms with Crippen molar-refractivity contribution >= 4 is 90.1 Å². The first kappa shape index (κ1) is 46.2. The Hall–Kier alpha value is 1.80. The van der Waals surface area contributed by atoms with Gasteiger partial charge < -0.3 is 0 Å². The fourth-order valence-corrected chi connectivity index (χ4v) is 34.1. The molecule has 0 amide bonds. The minimum absolute atomic E-state index is 0.150. The van der Waals surface area contributed by atoms with Crippen LogP contribution in [0.3, 0.4) is 0 Å². The van der Waals surface area contributed by atoms with Gasteiger partial charge >= 0.3 is 0 Å². The third kappa shape index (κ3) is 14.7. The van der Waals surface area contributed by atoms with E-state index in [0.29, 0.717) is 0 Å². The molecule has 0 aromatic carbocycles. The Kier molecular flexibility index (Phi) is 13.8. The van der Waals surface area contributed by atoms with Gasteiger partial charge in [-0.2, -0.15) is 54.2 Å². The number of hydrogen-bond acceptors (Lipinski definition) is 36. The lowest BCUT2D eigenvalue weighted by molar-refractivity contribution is 0.867. The standard InChI is InChI=1S/C2H36N27P9.H12N9P3/c3-30(4)21-31(5,6)24-35(13,23-30)17-1-19-37(15)27-34(11,12)28-38(16,29-37)20-2-18-36(14)25-32(7,8)22-33(9,10)26-36;1-10(2)7-11(3,4)9-12(5,6)8-10/h17-20H,1-16H2;1-6H2. The van der Waals surface area contributed by atoms with Crippen molar-refractivity contribution in [3.05, 3.63) is 0 Å². The highest BCUT2D eigenvalue weighted by Gasteiger charge is 2.32. The molecular formula is C2H48N36P12. The second kappa shape index (κ2) is 14.9. The molecule has 0 spiro atoms. The van der Waals surface area contributed by atoms with E-state index in [1.54, 1.807) is 0 Å². The fourth-order valence-electron chi connectivity index (χ4n) is 3.67. The summed E-state index contributed by atoms with van der Waals surface area (Å²) in [6.07, 6.45) is 0. The maximum atomic E-state index is 6.39. The van der Waals surface area contributed by atoms with Gasteiger partial charge in [0.1, 0.15) is 0 Å². The van der Waals surface area contributed by atoms with E-state index in [1.165, 1.54) is 0 Å². The molecule has 0 saturated heterocycles. The molecule has 4 atom stereocenters. The summed E-state index contributed by atoms with van der Waals surface area (Å²) < 4.78 is 48.1. The van der Waals surface area contributed by atoms with Crippen LogP contribution in [0.2, 0.25) is 0 Å². The van der Waals surface area contributed by atoms with Crippen LogP contribution in [0.15, 0.2) is 54.2 Å². The van der Waals surface area contributed by atoms with E-state index in [-0.39, 0.29) is 13.3 Å². The third-order valence-electron chi connectivity index (χ3n) is 4.63. The number of hydrogen-bond donors (Lipinski definition) is 24. The Morgan fingerprint density at radius 1 is 0.220 bits per heavy atom. The molecule has 4 aliphatic rings. The maximum absolute atomic E-state index is 6.39. The third-order valence-corrected chi connectivity index (χ3v) is 34.2. The van der Waals surface area contributed by atoms with Gasteiger partial charge in [0.25, 0.3) is 0 Å². The molecule has 44 N–H and O–H groups in total. The minimum Gasteiger partial charge on any atom is -0.267 e. The van der Waals surface area contributed by atoms with Crippen molar-refractivity contribution < 1.29 is 0 Å². The fraction of sp³-hybridized carbons (Fsp3) is 1.00. The van der Waals surface area contributed by atoms with E-state index >= 15 is 0 Å². The molecule has 0 saturated carbocycles. The largest absolute Gasteiger partial charge is 0.267 e. The van der Waals surface area contributed by atoms with Crippen LogP contribution in [-0.2, 0) is 0 Å². The van der Waals surface area contributed by atoms with Crippen LogP contribution in [0.4, 0.5) is 0 Å². The molecule has 0 aromatic rings. The zero-order valence-corrected chi connectivity index (χ0v) is 36.4. The first-order chi connectivity index (χ1) is 21.9. The molecule has 4 heterocycles. The molecule has 0 radical (unpaired) electrons. The molecule has 4 unspecified atom stereocenters. The van der Waals surface area contributed by atoms with Crippen molar-refractivity contribution in [1.29, 1.82) is 0 Å². The van der Waals surface area contributed by atoms with E-state index in [0.717, 1.165) is 0 Å². The lowest BCUT2D eigenvalue weighted by Crippen LogP contribution is -2.32. The van der Waals surface area contributed by atoms with Gasteiger partial charge in [-0.3, -0.25) is 110 Å². The van der Waals surface area contributed by atoms with Crippen LogP contribution < -0.4 is 130 Å². The Morgan fingerprint density at radius 2 is 0.380 bits per heavy atom. The van der Waals surface area contributed by atoms with Crippen molar-refractivity contribution in [2.75, 3.05) is 13.3 Å². The van der Waals surface area contributed by atoms with Crippen molar-refractivity contribution in [1.82, 2.24) is 20.3 Å². The number of nitrogens with two attached hydrogens (primary N) is 20. The minimum atomic E-state index is -3.33. The maximum Gasteiger partial charge on any atom is 0.214 e. The summed E-state index contributed by atoms with van der Waals surface area (Å²) >= 11 is 0. The highest BCUT2D eigenvalue weighted by atomic mass is 31.3. The highest BCUT2D eigenvalue weighted by Crippen LogP contribution is 2.68. The topological polar surface area (TPSA) is 717 Å². The monoisotopic (exact) mass is 948 g/mol. The second-order valence-electron chi connectivity index (χ2n) is 10.3. The first-order valence-corrected chi connectivity index (χ1v) is 34.0. The second-order valence-corrected chi connectivity index (χ2v) is 36.5. The van der Waals surface area contributed by atoms with Gasteiger partial charge in [0.15, 0.2) is 0 Å². The van der Waals surface area contributed by atoms with Crippen molar-refractivity contribution in [3.8, 4) is 0 Å². The zero-order valence-electron chi connectivity index (χ0n) is 25.7.